The molecule has 0 saturated heterocycles. The van der Waals surface area contributed by atoms with Gasteiger partial charge in [-0.15, -0.1) is 0 Å². The van der Waals surface area contributed by atoms with Crippen LogP contribution in [0.25, 0.3) is 111 Å². The van der Waals surface area contributed by atoms with Crippen molar-refractivity contribution in [3.05, 3.63) is 385 Å². The minimum atomic E-state index is -0.330. The number of hydrogen-bond donors (Lipinski definition) is 0. The summed E-state index contributed by atoms with van der Waals surface area (Å²) in [6.07, 6.45) is 0. The van der Waals surface area contributed by atoms with Crippen LogP contribution in [0, 0.1) is 0 Å². The lowest BCUT2D eigenvalue weighted by Gasteiger charge is -2.46. The molecule has 0 fully saturated rings. The molecule has 620 valence electrons. The predicted octanol–water partition coefficient (Wildman–Crippen LogP) is 31.6. The van der Waals surface area contributed by atoms with Gasteiger partial charge in [-0.2, -0.15) is 0 Å². The van der Waals surface area contributed by atoms with Crippen molar-refractivity contribution in [3.8, 4) is 67.0 Å². The molecule has 2 aliphatic heterocycles. The number of hydrogen-bond acceptors (Lipinski definition) is 3. The minimum Gasteiger partial charge on any atom is -0.310 e. The lowest BCUT2D eigenvalue weighted by molar-refractivity contribution is 0.569. The second-order valence-corrected chi connectivity index (χ2v) is 41.5. The van der Waals surface area contributed by atoms with E-state index in [0.717, 1.165) is 134 Å². The van der Waals surface area contributed by atoms with Gasteiger partial charge in [0.2, 0.25) is 0 Å². The molecule has 18 aromatic rings. The minimum absolute atomic E-state index is 0.0915. The molecule has 0 amide bonds. The lowest BCUT2D eigenvalue weighted by Crippen LogP contribution is -2.61. The van der Waals surface area contributed by atoms with Gasteiger partial charge in [-0.05, 0) is 243 Å². The van der Waals surface area contributed by atoms with Gasteiger partial charge in [0.15, 0.2) is 0 Å². The van der Waals surface area contributed by atoms with Gasteiger partial charge in [-0.25, -0.2) is 0 Å². The molecule has 16 aromatic carbocycles. The number of rotatable bonds is 12. The Balaban J connectivity index is 0.999. The first-order valence-corrected chi connectivity index (χ1v) is 45.1. The molecule has 0 radical (unpaired) electrons. The molecule has 5 nitrogen and oxygen atoms in total. The van der Waals surface area contributed by atoms with Gasteiger partial charge >= 0.3 is 0 Å². The topological polar surface area (TPSA) is 19.6 Å². The van der Waals surface area contributed by atoms with Crippen LogP contribution in [0.5, 0.6) is 0 Å². The van der Waals surface area contributed by atoms with E-state index in [9.17, 15) is 0 Å². The van der Waals surface area contributed by atoms with Crippen molar-refractivity contribution in [2.75, 3.05) is 14.7 Å². The standard InChI is InChI=1S/C120H112BN5/c1-115(2,3)83-54-60-105-99(67-83)100-68-84(116(4,5)6)55-61-106(100)123(105)92-56-59-103-109(74-92)126(114-97(79-43-29-21-30-44-79)71-88(120(16,17)18)72-98(114)80-45-31-22-32-46-80)111-76-93(124-104-52-38-37-51-94(104)101-73-91(57-62-107(101)124)122(89-47-33-23-34-48-89)90-49-35-24-36-50-90)75-110-112(111)121(103)102-58-53-81(82-63-85(117(7,8)9)66-86(64-82)118(10,11)12)65-108(102)125(110)113-95(77-39-25-19-26-40-77)69-87(119(13,14)15)70-96(113)78-41-27-20-28-42-78/h19-76H,1-18H3. The van der Waals surface area contributed by atoms with Gasteiger partial charge in [-0.1, -0.05) is 349 Å². The molecule has 2 aliphatic rings. The molecule has 0 N–H and O–H groups in total. The summed E-state index contributed by atoms with van der Waals surface area (Å²) in [5, 5.41) is 4.81. The Hall–Kier alpha value is -13.4. The monoisotopic (exact) mass is 1630 g/mol. The number of benzene rings is 16. The van der Waals surface area contributed by atoms with E-state index in [2.05, 4.69) is 500 Å². The van der Waals surface area contributed by atoms with E-state index in [4.69, 9.17) is 0 Å². The molecule has 0 unspecified atom stereocenters. The molecule has 126 heavy (non-hydrogen) atoms. The molecule has 6 heteroatoms. The molecule has 0 saturated carbocycles. The van der Waals surface area contributed by atoms with Crippen molar-refractivity contribution in [3.63, 3.8) is 0 Å². The van der Waals surface area contributed by atoms with E-state index in [1.165, 1.54) is 77.1 Å². The second kappa shape index (κ2) is 30.2. The summed E-state index contributed by atoms with van der Waals surface area (Å²) in [7, 11) is 0. The number of nitrogens with zero attached hydrogens (tertiary/aromatic N) is 5. The number of anilines is 9. The SMILES string of the molecule is CC(C)(C)c1cc(-c2ccc3c(c2)N(c2c(-c4ccccc4)cc(C(C)(C)C)cc2-c2ccccc2)c2cc(-n4c5ccccc5c5cc(N(c6ccccc6)c6ccccc6)ccc54)cc4c2B3c2ccc(-n3c5ccc(C(C)(C)C)cc5c5cc(C(C)(C)C)ccc53)cc2N4c2c(-c3ccccc3)cc(C(C)(C)C)cc2-c2ccccc2)cc(C(C)(C)C)c1. The first-order valence-electron chi connectivity index (χ1n) is 45.1. The Kier molecular flexibility index (Phi) is 19.4. The molecule has 4 heterocycles. The second-order valence-electron chi connectivity index (χ2n) is 41.5. The number of fused-ring (bicyclic) bond motifs is 10. The maximum atomic E-state index is 2.77. The highest BCUT2D eigenvalue weighted by Crippen LogP contribution is 2.57. The predicted molar refractivity (Wildman–Crippen MR) is 543 cm³/mol. The average molecular weight is 1640 g/mol. The quantitative estimate of drug-likeness (QED) is 0.114. The maximum Gasteiger partial charge on any atom is 0.252 e. The van der Waals surface area contributed by atoms with Crippen LogP contribution in [0.4, 0.5) is 51.2 Å². The summed E-state index contributed by atoms with van der Waals surface area (Å²) < 4.78 is 5.18. The third-order valence-electron chi connectivity index (χ3n) is 26.7. The van der Waals surface area contributed by atoms with Crippen LogP contribution in [0.3, 0.4) is 0 Å². The van der Waals surface area contributed by atoms with Crippen molar-refractivity contribution in [2.24, 2.45) is 0 Å². The molecule has 0 bridgehead atoms. The van der Waals surface area contributed by atoms with E-state index in [1.54, 1.807) is 0 Å². The molecular formula is C120H112BN5. The van der Waals surface area contributed by atoms with Crippen molar-refractivity contribution in [2.45, 2.75) is 157 Å². The highest BCUT2D eigenvalue weighted by Gasteiger charge is 2.47. The maximum absolute atomic E-state index is 2.77. The Morgan fingerprint density at radius 1 is 0.214 bits per heavy atom. The van der Waals surface area contributed by atoms with Crippen LogP contribution in [0.1, 0.15) is 158 Å². The van der Waals surface area contributed by atoms with Crippen LogP contribution in [-0.4, -0.2) is 15.8 Å². The molecule has 20 rings (SSSR count). The van der Waals surface area contributed by atoms with Gasteiger partial charge in [0.1, 0.15) is 0 Å². The summed E-state index contributed by atoms with van der Waals surface area (Å²) in [6, 6.07) is 136. The zero-order valence-corrected chi connectivity index (χ0v) is 76.3. The van der Waals surface area contributed by atoms with Crippen molar-refractivity contribution >= 4 is 118 Å². The van der Waals surface area contributed by atoms with Crippen molar-refractivity contribution in [1.29, 1.82) is 0 Å². The van der Waals surface area contributed by atoms with Gasteiger partial charge in [0.25, 0.3) is 6.71 Å². The highest BCUT2D eigenvalue weighted by atomic mass is 15.2. The van der Waals surface area contributed by atoms with E-state index < -0.39 is 0 Å². The van der Waals surface area contributed by atoms with Gasteiger partial charge in [-0.3, -0.25) is 0 Å². The zero-order chi connectivity index (χ0) is 87.4. The van der Waals surface area contributed by atoms with E-state index >= 15 is 0 Å². The number of para-hydroxylation sites is 3. The summed E-state index contributed by atoms with van der Waals surface area (Å²) in [6.45, 7) is 42.2. The fourth-order valence-corrected chi connectivity index (χ4v) is 19.7. The summed E-state index contributed by atoms with van der Waals surface area (Å²) in [5.41, 5.74) is 38.4. The Labute approximate surface area is 746 Å². The molecule has 0 spiro atoms. The van der Waals surface area contributed by atoms with Gasteiger partial charge in [0.05, 0.1) is 39.1 Å². The Bertz CT molecular complexity index is 7030. The first kappa shape index (κ1) is 81.0. The molecule has 0 aliphatic carbocycles. The third-order valence-corrected chi connectivity index (χ3v) is 26.7. The molecule has 0 atom stereocenters. The zero-order valence-electron chi connectivity index (χ0n) is 76.3. The highest BCUT2D eigenvalue weighted by molar-refractivity contribution is 7.00. The first-order chi connectivity index (χ1) is 60.3. The fraction of sp³-hybridized carbons (Fsp3) is 0.200. The Morgan fingerprint density at radius 3 is 0.960 bits per heavy atom. The van der Waals surface area contributed by atoms with Crippen LogP contribution in [-0.2, 0) is 32.5 Å². The average Bonchev–Trinajstić information content (AvgIpc) is 0.935. The van der Waals surface area contributed by atoms with Crippen LogP contribution in [0.2, 0.25) is 0 Å². The molecular weight excluding hydrogens is 1520 g/mol. The largest absolute Gasteiger partial charge is 0.310 e. The van der Waals surface area contributed by atoms with E-state index in [0.29, 0.717) is 0 Å². The van der Waals surface area contributed by atoms with E-state index in [1.807, 2.05) is 0 Å². The summed E-state index contributed by atoms with van der Waals surface area (Å²) in [4.78, 5) is 7.93. The lowest BCUT2D eigenvalue weighted by atomic mass is 9.33. The normalized spacial score (nSPS) is 13.1. The smallest absolute Gasteiger partial charge is 0.252 e. The van der Waals surface area contributed by atoms with Gasteiger partial charge in [0, 0.05) is 89.3 Å². The van der Waals surface area contributed by atoms with Crippen molar-refractivity contribution in [1.82, 2.24) is 9.13 Å². The van der Waals surface area contributed by atoms with E-state index in [-0.39, 0.29) is 39.2 Å². The number of aromatic nitrogens is 2. The third kappa shape index (κ3) is 14.1. The van der Waals surface area contributed by atoms with Crippen LogP contribution in [0.15, 0.2) is 352 Å². The van der Waals surface area contributed by atoms with Crippen molar-refractivity contribution < 1.29 is 0 Å². The Morgan fingerprint density at radius 2 is 0.548 bits per heavy atom. The van der Waals surface area contributed by atoms with Crippen LogP contribution >= 0.6 is 0 Å². The van der Waals surface area contributed by atoms with Gasteiger partial charge < -0.3 is 23.8 Å². The summed E-state index contributed by atoms with van der Waals surface area (Å²) in [5.74, 6) is 0. The molecule has 2 aromatic heterocycles. The fourth-order valence-electron chi connectivity index (χ4n) is 19.7. The van der Waals surface area contributed by atoms with Crippen LogP contribution < -0.4 is 31.1 Å². The summed E-state index contributed by atoms with van der Waals surface area (Å²) >= 11 is 0.